The zero-order valence-electron chi connectivity index (χ0n) is 13.9. The maximum Gasteiger partial charge on any atom is 0.118 e. The van der Waals surface area contributed by atoms with Gasteiger partial charge in [0.15, 0.2) is 0 Å². The summed E-state index contributed by atoms with van der Waals surface area (Å²) in [6.45, 7) is 2.30. The van der Waals surface area contributed by atoms with E-state index >= 15 is 0 Å². The summed E-state index contributed by atoms with van der Waals surface area (Å²) in [6, 6.07) is 18.3. The third-order valence-corrected chi connectivity index (χ3v) is 5.54. The molecule has 2 nitrogen and oxygen atoms in total. The molecule has 1 fully saturated rings. The highest BCUT2D eigenvalue weighted by Gasteiger charge is 2.31. The van der Waals surface area contributed by atoms with Crippen LogP contribution in [-0.4, -0.2) is 24.6 Å². The molecule has 1 aliphatic carbocycles. The van der Waals surface area contributed by atoms with Gasteiger partial charge in [-0.15, -0.1) is 0 Å². The second kappa shape index (κ2) is 6.37. The lowest BCUT2D eigenvalue weighted by atomic mass is 9.80. The minimum absolute atomic E-state index is 0.690. The molecule has 3 aliphatic rings. The van der Waals surface area contributed by atoms with E-state index in [2.05, 4.69) is 53.4 Å². The highest BCUT2D eigenvalue weighted by Crippen LogP contribution is 2.33. The average Bonchev–Trinajstić information content (AvgIpc) is 2.56. The third kappa shape index (κ3) is 3.13. The molecule has 2 aromatic rings. The fourth-order valence-electron chi connectivity index (χ4n) is 4.26. The summed E-state index contributed by atoms with van der Waals surface area (Å²) in [5.74, 6) is 1.75. The molecule has 0 radical (unpaired) electrons. The summed E-state index contributed by atoms with van der Waals surface area (Å²) in [4.78, 5) is 2.71. The summed E-state index contributed by atoms with van der Waals surface area (Å²) < 4.78 is 5.27. The first-order valence-corrected chi connectivity index (χ1v) is 8.75. The Morgan fingerprint density at radius 3 is 2.43 bits per heavy atom. The first-order chi connectivity index (χ1) is 11.3. The quantitative estimate of drug-likeness (QED) is 0.847. The second-order valence-corrected chi connectivity index (χ2v) is 7.05. The molecule has 2 aliphatic heterocycles. The number of fused-ring (bicyclic) bond motifs is 2. The first kappa shape index (κ1) is 14.8. The van der Waals surface area contributed by atoms with Gasteiger partial charge in [-0.1, -0.05) is 36.4 Å². The van der Waals surface area contributed by atoms with Crippen LogP contribution in [0.5, 0.6) is 5.75 Å². The molecule has 2 aromatic carbocycles. The number of ether oxygens (including phenoxy) is 1. The first-order valence-electron chi connectivity index (χ1n) is 8.75. The van der Waals surface area contributed by atoms with Crippen molar-refractivity contribution in [3.05, 3.63) is 65.2 Å². The van der Waals surface area contributed by atoms with E-state index in [1.807, 2.05) is 0 Å². The lowest BCUT2D eigenvalue weighted by Gasteiger charge is -2.42. The molecule has 1 saturated heterocycles. The van der Waals surface area contributed by atoms with E-state index in [-0.39, 0.29) is 0 Å². The van der Waals surface area contributed by atoms with Gasteiger partial charge in [0.05, 0.1) is 7.11 Å². The van der Waals surface area contributed by atoms with Gasteiger partial charge in [0.1, 0.15) is 5.75 Å². The van der Waals surface area contributed by atoms with E-state index in [0.717, 1.165) is 18.2 Å². The van der Waals surface area contributed by atoms with Gasteiger partial charge >= 0.3 is 0 Å². The molecule has 120 valence electrons. The predicted molar refractivity (Wildman–Crippen MR) is 93.8 cm³/mol. The fraction of sp³-hybridized carbons (Fsp3) is 0.429. The maximum absolute atomic E-state index is 5.27. The third-order valence-electron chi connectivity index (χ3n) is 5.54. The van der Waals surface area contributed by atoms with Crippen LogP contribution < -0.4 is 4.74 Å². The standard InChI is InChI=1S/C21H25NO/c1-23-21-10-7-16(8-11-21)14-22-15-17-6-9-20(22)13-19-5-3-2-4-18(19)12-17/h2-5,7-8,10-11,17,20H,6,9,12-15H2,1H3/t17-,20+/m1/s1. The predicted octanol–water partition coefficient (Wildman–Crippen LogP) is 4.07. The summed E-state index contributed by atoms with van der Waals surface area (Å²) in [6.07, 6.45) is 5.19. The molecular formula is C21H25NO. The van der Waals surface area contributed by atoms with Gasteiger partial charge < -0.3 is 4.74 Å². The van der Waals surface area contributed by atoms with Crippen LogP contribution in [0.1, 0.15) is 29.5 Å². The number of nitrogens with zero attached hydrogens (tertiary/aromatic N) is 1. The van der Waals surface area contributed by atoms with Gasteiger partial charge in [-0.25, -0.2) is 0 Å². The topological polar surface area (TPSA) is 12.5 Å². The summed E-state index contributed by atoms with van der Waals surface area (Å²) in [7, 11) is 1.73. The van der Waals surface area contributed by atoms with Crippen LogP contribution in [0, 0.1) is 5.92 Å². The van der Waals surface area contributed by atoms with Crippen molar-refractivity contribution in [2.24, 2.45) is 5.92 Å². The Bertz CT molecular complexity index is 664. The van der Waals surface area contributed by atoms with E-state index in [4.69, 9.17) is 4.74 Å². The number of hydrogen-bond donors (Lipinski definition) is 0. The Kier molecular flexibility index (Phi) is 4.09. The molecule has 2 atom stereocenters. The van der Waals surface area contributed by atoms with Gasteiger partial charge in [0.25, 0.3) is 0 Å². The van der Waals surface area contributed by atoms with Crippen molar-refractivity contribution in [3.8, 4) is 5.75 Å². The molecule has 0 saturated carbocycles. The minimum Gasteiger partial charge on any atom is -0.497 e. The van der Waals surface area contributed by atoms with Gasteiger partial charge in [-0.2, -0.15) is 0 Å². The smallest absolute Gasteiger partial charge is 0.118 e. The fourth-order valence-corrected chi connectivity index (χ4v) is 4.26. The van der Waals surface area contributed by atoms with Crippen molar-refractivity contribution in [1.29, 1.82) is 0 Å². The maximum atomic E-state index is 5.27. The van der Waals surface area contributed by atoms with Crippen LogP contribution in [0.2, 0.25) is 0 Å². The number of hydrogen-bond acceptors (Lipinski definition) is 2. The lowest BCUT2D eigenvalue weighted by Crippen LogP contribution is -2.46. The monoisotopic (exact) mass is 307 g/mol. The molecule has 0 spiro atoms. The van der Waals surface area contributed by atoms with Crippen molar-refractivity contribution < 1.29 is 4.74 Å². The van der Waals surface area contributed by atoms with Crippen LogP contribution in [0.3, 0.4) is 0 Å². The van der Waals surface area contributed by atoms with E-state index < -0.39 is 0 Å². The van der Waals surface area contributed by atoms with Crippen molar-refractivity contribution in [2.75, 3.05) is 13.7 Å². The number of methoxy groups -OCH3 is 1. The molecule has 0 aromatic heterocycles. The van der Waals surface area contributed by atoms with Crippen LogP contribution >= 0.6 is 0 Å². The van der Waals surface area contributed by atoms with E-state index in [1.165, 1.54) is 37.8 Å². The molecule has 0 amide bonds. The SMILES string of the molecule is COc1ccc(CN2C[C@@H]3CC[C@H]2Cc2ccccc2C3)cc1. The second-order valence-electron chi connectivity index (χ2n) is 7.05. The number of rotatable bonds is 3. The Labute approximate surface area is 139 Å². The molecule has 23 heavy (non-hydrogen) atoms. The zero-order valence-corrected chi connectivity index (χ0v) is 13.9. The van der Waals surface area contributed by atoms with Crippen LogP contribution in [-0.2, 0) is 19.4 Å². The number of benzene rings is 2. The van der Waals surface area contributed by atoms with E-state index in [9.17, 15) is 0 Å². The van der Waals surface area contributed by atoms with Crippen molar-refractivity contribution >= 4 is 0 Å². The van der Waals surface area contributed by atoms with Gasteiger partial charge in [-0.05, 0) is 60.4 Å². The molecule has 5 rings (SSSR count). The highest BCUT2D eigenvalue weighted by molar-refractivity contribution is 5.30. The van der Waals surface area contributed by atoms with E-state index in [1.54, 1.807) is 18.2 Å². The zero-order chi connectivity index (χ0) is 15.6. The average molecular weight is 307 g/mol. The summed E-state index contributed by atoms with van der Waals surface area (Å²) in [5, 5.41) is 0. The Balaban J connectivity index is 1.54. The molecule has 2 heteroatoms. The molecule has 0 N–H and O–H groups in total. The van der Waals surface area contributed by atoms with Crippen molar-refractivity contribution in [3.63, 3.8) is 0 Å². The Morgan fingerprint density at radius 2 is 1.70 bits per heavy atom. The van der Waals surface area contributed by atoms with Gasteiger partial charge in [0.2, 0.25) is 0 Å². The molecule has 2 bridgehead atoms. The van der Waals surface area contributed by atoms with Crippen LogP contribution in [0.25, 0.3) is 0 Å². The van der Waals surface area contributed by atoms with Crippen LogP contribution in [0.4, 0.5) is 0 Å². The summed E-state index contributed by atoms with van der Waals surface area (Å²) >= 11 is 0. The number of piperidine rings is 1. The van der Waals surface area contributed by atoms with Crippen LogP contribution in [0.15, 0.2) is 48.5 Å². The van der Waals surface area contributed by atoms with Crippen molar-refractivity contribution in [2.45, 2.75) is 38.3 Å². The molecular weight excluding hydrogens is 282 g/mol. The van der Waals surface area contributed by atoms with Crippen molar-refractivity contribution in [1.82, 2.24) is 4.90 Å². The largest absolute Gasteiger partial charge is 0.497 e. The summed E-state index contributed by atoms with van der Waals surface area (Å²) in [5.41, 5.74) is 4.55. The Hall–Kier alpha value is -1.80. The molecule has 2 heterocycles. The van der Waals surface area contributed by atoms with Gasteiger partial charge in [-0.3, -0.25) is 4.90 Å². The van der Waals surface area contributed by atoms with E-state index in [0.29, 0.717) is 6.04 Å². The van der Waals surface area contributed by atoms with Gasteiger partial charge in [0, 0.05) is 19.1 Å². The Morgan fingerprint density at radius 1 is 0.957 bits per heavy atom. The normalized spacial score (nSPS) is 23.9. The lowest BCUT2D eigenvalue weighted by molar-refractivity contribution is 0.0938. The molecule has 0 unspecified atom stereocenters. The minimum atomic E-state index is 0.690. The highest BCUT2D eigenvalue weighted by atomic mass is 16.5.